The molecule has 76 valence electrons. The minimum absolute atomic E-state index is 0.0601. The van der Waals surface area contributed by atoms with Gasteiger partial charge in [0.1, 0.15) is 0 Å². The number of primary amides is 1. The van der Waals surface area contributed by atoms with Crippen LogP contribution in [0, 0.1) is 17.8 Å². The van der Waals surface area contributed by atoms with Gasteiger partial charge in [-0.1, -0.05) is 26.7 Å². The third-order valence-corrected chi connectivity index (χ3v) is 3.28. The van der Waals surface area contributed by atoms with Crippen molar-refractivity contribution >= 4 is 5.91 Å². The van der Waals surface area contributed by atoms with Crippen molar-refractivity contribution in [1.82, 2.24) is 5.32 Å². The van der Waals surface area contributed by atoms with Gasteiger partial charge in [-0.2, -0.15) is 0 Å². The Kier molecular flexibility index (Phi) is 3.72. The van der Waals surface area contributed by atoms with Crippen LogP contribution in [0.5, 0.6) is 0 Å². The second-order valence-corrected chi connectivity index (χ2v) is 3.91. The summed E-state index contributed by atoms with van der Waals surface area (Å²) in [5, 5.41) is 3.25. The average molecular weight is 184 g/mol. The van der Waals surface area contributed by atoms with Crippen molar-refractivity contribution in [3.8, 4) is 0 Å². The summed E-state index contributed by atoms with van der Waals surface area (Å²) in [6.45, 7) is 6.10. The lowest BCUT2D eigenvalue weighted by Crippen LogP contribution is -2.32. The lowest BCUT2D eigenvalue weighted by atomic mass is 9.80. The highest BCUT2D eigenvalue weighted by Gasteiger charge is 2.35. The highest BCUT2D eigenvalue weighted by molar-refractivity contribution is 5.77. The van der Waals surface area contributed by atoms with Crippen molar-refractivity contribution in [3.63, 3.8) is 0 Å². The molecular formula is C10H20N2O. The first-order valence-corrected chi connectivity index (χ1v) is 5.20. The molecule has 0 aliphatic carbocycles. The number of carbonyl (C=O) groups is 1. The smallest absolute Gasteiger partial charge is 0.222 e. The molecule has 3 N–H and O–H groups in total. The maximum atomic E-state index is 11.1. The van der Waals surface area contributed by atoms with E-state index in [0.717, 1.165) is 25.9 Å². The van der Waals surface area contributed by atoms with E-state index in [1.54, 1.807) is 0 Å². The normalized spacial score (nSPS) is 28.2. The van der Waals surface area contributed by atoms with Crippen LogP contribution in [0.1, 0.15) is 26.7 Å². The molecule has 2 atom stereocenters. The Morgan fingerprint density at radius 3 is 2.54 bits per heavy atom. The van der Waals surface area contributed by atoms with Gasteiger partial charge in [0.15, 0.2) is 0 Å². The molecule has 0 radical (unpaired) electrons. The molecular weight excluding hydrogens is 164 g/mol. The molecule has 1 aliphatic rings. The topological polar surface area (TPSA) is 55.1 Å². The molecule has 1 amide bonds. The number of rotatable bonds is 4. The van der Waals surface area contributed by atoms with Crippen LogP contribution in [-0.2, 0) is 4.79 Å². The Balaban J connectivity index is 2.61. The Morgan fingerprint density at radius 1 is 1.46 bits per heavy atom. The van der Waals surface area contributed by atoms with Crippen molar-refractivity contribution in [1.29, 1.82) is 0 Å². The van der Waals surface area contributed by atoms with Gasteiger partial charge in [0.25, 0.3) is 0 Å². The van der Waals surface area contributed by atoms with E-state index < -0.39 is 0 Å². The summed E-state index contributed by atoms with van der Waals surface area (Å²) in [5.74, 6) is 1.03. The van der Waals surface area contributed by atoms with E-state index in [0.29, 0.717) is 11.8 Å². The van der Waals surface area contributed by atoms with Crippen molar-refractivity contribution in [3.05, 3.63) is 0 Å². The summed E-state index contributed by atoms with van der Waals surface area (Å²) < 4.78 is 0. The molecule has 3 nitrogen and oxygen atoms in total. The maximum Gasteiger partial charge on any atom is 0.222 e. The molecule has 0 aromatic carbocycles. The van der Waals surface area contributed by atoms with Gasteiger partial charge in [0.2, 0.25) is 5.91 Å². The van der Waals surface area contributed by atoms with E-state index >= 15 is 0 Å². The number of carbonyl (C=O) groups excluding carboxylic acids is 1. The zero-order valence-corrected chi connectivity index (χ0v) is 8.55. The van der Waals surface area contributed by atoms with Crippen LogP contribution in [0.2, 0.25) is 0 Å². The third-order valence-electron chi connectivity index (χ3n) is 3.28. The zero-order chi connectivity index (χ0) is 9.84. The first kappa shape index (κ1) is 10.5. The van der Waals surface area contributed by atoms with Gasteiger partial charge in [-0.15, -0.1) is 0 Å². The van der Waals surface area contributed by atoms with Crippen molar-refractivity contribution in [2.24, 2.45) is 23.5 Å². The fraction of sp³-hybridized carbons (Fsp3) is 0.900. The summed E-state index contributed by atoms with van der Waals surface area (Å²) in [7, 11) is 0. The van der Waals surface area contributed by atoms with Gasteiger partial charge >= 0.3 is 0 Å². The quantitative estimate of drug-likeness (QED) is 0.677. The number of hydrogen-bond donors (Lipinski definition) is 2. The molecule has 1 fully saturated rings. The minimum atomic E-state index is -0.137. The van der Waals surface area contributed by atoms with E-state index in [1.165, 1.54) is 0 Å². The summed E-state index contributed by atoms with van der Waals surface area (Å²) in [5.41, 5.74) is 5.36. The Hall–Kier alpha value is -0.570. The summed E-state index contributed by atoms with van der Waals surface area (Å²) >= 11 is 0. The SMILES string of the molecule is CCC(CC)C1CNCC1C(N)=O. The second-order valence-electron chi connectivity index (χ2n) is 3.91. The van der Waals surface area contributed by atoms with Crippen LogP contribution in [-0.4, -0.2) is 19.0 Å². The molecule has 0 bridgehead atoms. The molecule has 1 rings (SSSR count). The maximum absolute atomic E-state index is 11.1. The number of nitrogens with two attached hydrogens (primary N) is 1. The molecule has 3 heteroatoms. The van der Waals surface area contributed by atoms with Crippen LogP contribution in [0.3, 0.4) is 0 Å². The van der Waals surface area contributed by atoms with E-state index in [-0.39, 0.29) is 11.8 Å². The van der Waals surface area contributed by atoms with Gasteiger partial charge in [0.05, 0.1) is 5.92 Å². The van der Waals surface area contributed by atoms with Crippen molar-refractivity contribution < 1.29 is 4.79 Å². The highest BCUT2D eigenvalue weighted by Crippen LogP contribution is 2.29. The predicted molar refractivity (Wildman–Crippen MR) is 53.1 cm³/mol. The van der Waals surface area contributed by atoms with Crippen LogP contribution >= 0.6 is 0 Å². The second kappa shape index (κ2) is 4.61. The fourth-order valence-electron chi connectivity index (χ4n) is 2.40. The molecule has 0 aromatic rings. The molecule has 0 saturated carbocycles. The van der Waals surface area contributed by atoms with Gasteiger partial charge in [-0.25, -0.2) is 0 Å². The standard InChI is InChI=1S/C10H20N2O/c1-3-7(4-2)8-5-12-6-9(8)10(11)13/h7-9,12H,3-6H2,1-2H3,(H2,11,13). The molecule has 1 heterocycles. The van der Waals surface area contributed by atoms with Crippen molar-refractivity contribution in [2.45, 2.75) is 26.7 Å². The predicted octanol–water partition coefficient (Wildman–Crippen LogP) is 0.744. The van der Waals surface area contributed by atoms with Crippen molar-refractivity contribution in [2.75, 3.05) is 13.1 Å². The van der Waals surface area contributed by atoms with Crippen LogP contribution in [0.25, 0.3) is 0 Å². The number of hydrogen-bond acceptors (Lipinski definition) is 2. The van der Waals surface area contributed by atoms with Gasteiger partial charge in [0, 0.05) is 6.54 Å². The van der Waals surface area contributed by atoms with Gasteiger partial charge < -0.3 is 11.1 Å². The fourth-order valence-corrected chi connectivity index (χ4v) is 2.40. The zero-order valence-electron chi connectivity index (χ0n) is 8.55. The molecule has 0 aromatic heterocycles. The lowest BCUT2D eigenvalue weighted by molar-refractivity contribution is -0.122. The van der Waals surface area contributed by atoms with Crippen LogP contribution in [0.4, 0.5) is 0 Å². The van der Waals surface area contributed by atoms with E-state index in [2.05, 4.69) is 19.2 Å². The lowest BCUT2D eigenvalue weighted by Gasteiger charge is -2.23. The number of amides is 1. The Labute approximate surface area is 80.1 Å². The molecule has 1 saturated heterocycles. The highest BCUT2D eigenvalue weighted by atomic mass is 16.1. The summed E-state index contributed by atoms with van der Waals surface area (Å²) in [4.78, 5) is 11.1. The summed E-state index contributed by atoms with van der Waals surface area (Å²) in [6, 6.07) is 0. The van der Waals surface area contributed by atoms with E-state index in [1.807, 2.05) is 0 Å². The summed E-state index contributed by atoms with van der Waals surface area (Å²) in [6.07, 6.45) is 2.29. The van der Waals surface area contributed by atoms with Crippen LogP contribution < -0.4 is 11.1 Å². The average Bonchev–Trinajstić information content (AvgIpc) is 2.55. The molecule has 1 aliphatic heterocycles. The first-order valence-electron chi connectivity index (χ1n) is 5.20. The largest absolute Gasteiger partial charge is 0.369 e. The van der Waals surface area contributed by atoms with Gasteiger partial charge in [-0.3, -0.25) is 4.79 Å². The van der Waals surface area contributed by atoms with E-state index in [9.17, 15) is 4.79 Å². The van der Waals surface area contributed by atoms with Crippen LogP contribution in [0.15, 0.2) is 0 Å². The monoisotopic (exact) mass is 184 g/mol. The Morgan fingerprint density at radius 2 is 2.08 bits per heavy atom. The molecule has 13 heavy (non-hydrogen) atoms. The van der Waals surface area contributed by atoms with Gasteiger partial charge in [-0.05, 0) is 18.4 Å². The minimum Gasteiger partial charge on any atom is -0.369 e. The third kappa shape index (κ3) is 2.21. The Bertz CT molecular complexity index is 178. The van der Waals surface area contributed by atoms with E-state index in [4.69, 9.17) is 5.73 Å². The molecule has 2 unspecified atom stereocenters. The number of nitrogens with one attached hydrogen (secondary N) is 1. The first-order chi connectivity index (χ1) is 6.20. The molecule has 0 spiro atoms.